The van der Waals surface area contributed by atoms with E-state index < -0.39 is 0 Å². The second-order valence-corrected chi connectivity index (χ2v) is 5.49. The van der Waals surface area contributed by atoms with Gasteiger partial charge in [0.05, 0.1) is 0 Å². The van der Waals surface area contributed by atoms with Crippen LogP contribution in [0.5, 0.6) is 0 Å². The molecule has 2 atom stereocenters. The average Bonchev–Trinajstić information content (AvgIpc) is 2.01. The molecule has 0 N–H and O–H groups in total. The summed E-state index contributed by atoms with van der Waals surface area (Å²) in [5.41, 5.74) is 1.23. The van der Waals surface area contributed by atoms with Crippen LogP contribution in [-0.2, 0) is 0 Å². The van der Waals surface area contributed by atoms with Gasteiger partial charge in [0, 0.05) is 0 Å². The van der Waals surface area contributed by atoms with Crippen molar-refractivity contribution in [2.24, 2.45) is 16.7 Å². The van der Waals surface area contributed by atoms with Gasteiger partial charge in [0.1, 0.15) is 0 Å². The van der Waals surface area contributed by atoms with Gasteiger partial charge in [-0.2, -0.15) is 0 Å². The fraction of sp³-hybridized carbons (Fsp3) is 1.00. The molecule has 0 heteroatoms. The van der Waals surface area contributed by atoms with Crippen LogP contribution >= 0.6 is 0 Å². The molecule has 2 unspecified atom stereocenters. The van der Waals surface area contributed by atoms with E-state index in [9.17, 15) is 0 Å². The molecule has 0 aromatic heterocycles. The molecule has 1 aliphatic carbocycles. The van der Waals surface area contributed by atoms with Crippen molar-refractivity contribution in [2.45, 2.75) is 60.3 Å². The molecule has 0 heterocycles. The van der Waals surface area contributed by atoms with Gasteiger partial charge in [-0.3, -0.25) is 0 Å². The van der Waals surface area contributed by atoms with Gasteiger partial charge in [0.15, 0.2) is 0 Å². The smallest absolute Gasteiger partial charge is 0.0249 e. The van der Waals surface area contributed by atoms with E-state index in [1.165, 1.54) is 25.7 Å². The molecule has 1 aliphatic rings. The first-order chi connectivity index (χ1) is 5.44. The van der Waals surface area contributed by atoms with Crippen LogP contribution in [0.25, 0.3) is 0 Å². The van der Waals surface area contributed by atoms with E-state index in [1.54, 1.807) is 0 Å². The second-order valence-electron chi connectivity index (χ2n) is 5.49. The van der Waals surface area contributed by atoms with Crippen LogP contribution in [0.1, 0.15) is 60.3 Å². The SMILES string of the molecule is CCCC(C)C1(C)CCC1(C)C. The maximum Gasteiger partial charge on any atom is -0.0249 e. The lowest BCUT2D eigenvalue weighted by Crippen LogP contribution is -2.49. The predicted molar refractivity (Wildman–Crippen MR) is 55.2 cm³/mol. The molecule has 0 amide bonds. The van der Waals surface area contributed by atoms with Crippen LogP contribution in [0, 0.1) is 16.7 Å². The van der Waals surface area contributed by atoms with Crippen LogP contribution in [0.2, 0.25) is 0 Å². The van der Waals surface area contributed by atoms with Gasteiger partial charge in [0.2, 0.25) is 0 Å². The van der Waals surface area contributed by atoms with E-state index in [4.69, 9.17) is 0 Å². The molecule has 0 nitrogen and oxygen atoms in total. The standard InChI is InChI=1S/C12H24/c1-6-7-10(2)12(5)9-8-11(12,3)4/h10H,6-9H2,1-5H3. The summed E-state index contributed by atoms with van der Waals surface area (Å²) < 4.78 is 0. The van der Waals surface area contributed by atoms with Crippen molar-refractivity contribution in [2.75, 3.05) is 0 Å². The Bertz CT molecular complexity index is 157. The zero-order valence-corrected chi connectivity index (χ0v) is 9.41. The molecule has 1 rings (SSSR count). The lowest BCUT2D eigenvalue weighted by molar-refractivity contribution is -0.0818. The Labute approximate surface area is 77.7 Å². The Morgan fingerprint density at radius 3 is 2.00 bits per heavy atom. The lowest BCUT2D eigenvalue weighted by Gasteiger charge is -2.58. The van der Waals surface area contributed by atoms with Crippen LogP contribution in [-0.4, -0.2) is 0 Å². The van der Waals surface area contributed by atoms with Crippen molar-refractivity contribution in [1.29, 1.82) is 0 Å². The third-order valence-corrected chi connectivity index (χ3v) is 4.62. The van der Waals surface area contributed by atoms with Crippen LogP contribution in [0.15, 0.2) is 0 Å². The fourth-order valence-corrected chi connectivity index (χ4v) is 2.68. The maximum absolute atomic E-state index is 2.48. The molecule has 12 heavy (non-hydrogen) atoms. The Hall–Kier alpha value is 0. The monoisotopic (exact) mass is 168 g/mol. The van der Waals surface area contributed by atoms with E-state index in [1.807, 2.05) is 0 Å². The molecule has 0 bridgehead atoms. The Balaban J connectivity index is 2.60. The van der Waals surface area contributed by atoms with E-state index in [0.29, 0.717) is 10.8 Å². The minimum atomic E-state index is 0.599. The molecule has 1 fully saturated rings. The first-order valence-electron chi connectivity index (χ1n) is 5.44. The highest BCUT2D eigenvalue weighted by atomic mass is 14.6. The second kappa shape index (κ2) is 3.05. The normalized spacial score (nSPS) is 35.8. The van der Waals surface area contributed by atoms with Crippen molar-refractivity contribution in [3.63, 3.8) is 0 Å². The zero-order chi connectivity index (χ0) is 9.41. The van der Waals surface area contributed by atoms with Crippen molar-refractivity contribution < 1.29 is 0 Å². The summed E-state index contributed by atoms with van der Waals surface area (Å²) in [6.07, 6.45) is 5.62. The van der Waals surface area contributed by atoms with Crippen molar-refractivity contribution >= 4 is 0 Å². The van der Waals surface area contributed by atoms with Gasteiger partial charge in [-0.25, -0.2) is 0 Å². The summed E-state index contributed by atoms with van der Waals surface area (Å²) in [7, 11) is 0. The van der Waals surface area contributed by atoms with Crippen LogP contribution < -0.4 is 0 Å². The van der Waals surface area contributed by atoms with E-state index in [0.717, 1.165) is 5.92 Å². The van der Waals surface area contributed by atoms with Crippen LogP contribution in [0.3, 0.4) is 0 Å². The highest BCUT2D eigenvalue weighted by Gasteiger charge is 2.51. The molecule has 72 valence electrons. The Kier molecular flexibility index (Phi) is 2.56. The molecule has 0 aromatic rings. The minimum absolute atomic E-state index is 0.599. The zero-order valence-electron chi connectivity index (χ0n) is 9.41. The van der Waals surface area contributed by atoms with Gasteiger partial charge >= 0.3 is 0 Å². The van der Waals surface area contributed by atoms with Crippen molar-refractivity contribution in [3.05, 3.63) is 0 Å². The Morgan fingerprint density at radius 2 is 1.75 bits per heavy atom. The van der Waals surface area contributed by atoms with Gasteiger partial charge < -0.3 is 0 Å². The molecular weight excluding hydrogens is 144 g/mol. The Morgan fingerprint density at radius 1 is 1.17 bits per heavy atom. The minimum Gasteiger partial charge on any atom is -0.0654 e. The maximum atomic E-state index is 2.48. The lowest BCUT2D eigenvalue weighted by atomic mass is 9.47. The third kappa shape index (κ3) is 1.30. The number of hydrogen-bond donors (Lipinski definition) is 0. The van der Waals surface area contributed by atoms with Gasteiger partial charge in [0.25, 0.3) is 0 Å². The van der Waals surface area contributed by atoms with Crippen molar-refractivity contribution in [3.8, 4) is 0 Å². The first-order valence-corrected chi connectivity index (χ1v) is 5.44. The summed E-state index contributed by atoms with van der Waals surface area (Å²) in [6.45, 7) is 12.1. The molecule has 1 saturated carbocycles. The highest BCUT2D eigenvalue weighted by molar-refractivity contribution is 5.01. The summed E-state index contributed by atoms with van der Waals surface area (Å²) in [5.74, 6) is 0.909. The largest absolute Gasteiger partial charge is 0.0654 e. The number of hydrogen-bond acceptors (Lipinski definition) is 0. The average molecular weight is 168 g/mol. The first kappa shape index (κ1) is 10.1. The summed E-state index contributed by atoms with van der Waals surface area (Å²) >= 11 is 0. The number of rotatable bonds is 3. The molecule has 0 aliphatic heterocycles. The summed E-state index contributed by atoms with van der Waals surface area (Å²) in [5, 5.41) is 0. The van der Waals surface area contributed by atoms with E-state index in [-0.39, 0.29) is 0 Å². The molecule has 0 radical (unpaired) electrons. The third-order valence-electron chi connectivity index (χ3n) is 4.62. The van der Waals surface area contributed by atoms with Gasteiger partial charge in [-0.15, -0.1) is 0 Å². The highest BCUT2D eigenvalue weighted by Crippen LogP contribution is 2.60. The molecule has 0 aromatic carbocycles. The summed E-state index contributed by atoms with van der Waals surface area (Å²) in [4.78, 5) is 0. The van der Waals surface area contributed by atoms with Gasteiger partial charge in [-0.1, -0.05) is 47.5 Å². The topological polar surface area (TPSA) is 0 Å². The van der Waals surface area contributed by atoms with Gasteiger partial charge in [-0.05, 0) is 29.6 Å². The van der Waals surface area contributed by atoms with E-state index in [2.05, 4.69) is 34.6 Å². The molecule has 0 saturated heterocycles. The van der Waals surface area contributed by atoms with E-state index >= 15 is 0 Å². The molecule has 0 spiro atoms. The summed E-state index contributed by atoms with van der Waals surface area (Å²) in [6, 6.07) is 0. The molecular formula is C12H24. The fourth-order valence-electron chi connectivity index (χ4n) is 2.68. The quantitative estimate of drug-likeness (QED) is 0.591. The predicted octanol–water partition coefficient (Wildman–Crippen LogP) is 4.25. The van der Waals surface area contributed by atoms with Crippen LogP contribution in [0.4, 0.5) is 0 Å². The van der Waals surface area contributed by atoms with Crippen molar-refractivity contribution in [1.82, 2.24) is 0 Å².